The van der Waals surface area contributed by atoms with Crippen LogP contribution in [0.3, 0.4) is 0 Å². The van der Waals surface area contributed by atoms with Crippen molar-refractivity contribution in [1.29, 1.82) is 0 Å². The van der Waals surface area contributed by atoms with Gasteiger partial charge < -0.3 is 11.1 Å². The van der Waals surface area contributed by atoms with E-state index < -0.39 is 30.0 Å². The molecule has 0 aliphatic carbocycles. The number of nitrogens with two attached hydrogens (primary N) is 1. The van der Waals surface area contributed by atoms with Gasteiger partial charge in [-0.05, 0) is 109 Å². The molecule has 0 saturated carbocycles. The predicted molar refractivity (Wildman–Crippen MR) is 168 cm³/mol. The molecule has 45 heavy (non-hydrogen) atoms. The standard InChI is InChI=1S/C30H24N6O7S2/c1-18-14-24(32-30(37)19-2-5-21(31)6-3-19)12-13-28(18)36-34-23-10-8-22(9-11-23)33-35-25-7-4-20-15-26(44(38,39)40)17-29(27(20)16-25)45(41,42)43/h2-17H,31H2,1H3,(H,32,37)(H,38,39,40)(H,41,42,43). The van der Waals surface area contributed by atoms with Crippen LogP contribution in [0.4, 0.5) is 34.1 Å². The van der Waals surface area contributed by atoms with Gasteiger partial charge in [-0.15, -0.1) is 0 Å². The van der Waals surface area contributed by atoms with E-state index >= 15 is 0 Å². The van der Waals surface area contributed by atoms with Gasteiger partial charge in [-0.2, -0.15) is 37.3 Å². The molecule has 0 radical (unpaired) electrons. The minimum Gasteiger partial charge on any atom is -0.399 e. The van der Waals surface area contributed by atoms with E-state index in [1.807, 2.05) is 6.92 Å². The number of azo groups is 2. The van der Waals surface area contributed by atoms with E-state index in [0.717, 1.165) is 11.6 Å². The molecule has 0 spiro atoms. The van der Waals surface area contributed by atoms with E-state index in [9.17, 15) is 30.7 Å². The maximum atomic E-state index is 12.5. The molecule has 5 rings (SSSR count). The van der Waals surface area contributed by atoms with E-state index in [2.05, 4.69) is 25.8 Å². The van der Waals surface area contributed by atoms with Crippen molar-refractivity contribution in [2.24, 2.45) is 20.5 Å². The van der Waals surface area contributed by atoms with E-state index in [1.54, 1.807) is 66.7 Å². The number of benzene rings is 5. The van der Waals surface area contributed by atoms with Crippen LogP contribution in [0.5, 0.6) is 0 Å². The number of nitrogens with zero attached hydrogens (tertiary/aromatic N) is 4. The van der Waals surface area contributed by atoms with Crippen molar-refractivity contribution in [1.82, 2.24) is 0 Å². The second-order valence-corrected chi connectivity index (χ2v) is 12.6. The fourth-order valence-corrected chi connectivity index (χ4v) is 5.55. The monoisotopic (exact) mass is 644 g/mol. The summed E-state index contributed by atoms with van der Waals surface area (Å²) < 4.78 is 65.9. The summed E-state index contributed by atoms with van der Waals surface area (Å²) in [5, 5.41) is 19.7. The molecule has 0 aliphatic rings. The number of fused-ring (bicyclic) bond motifs is 1. The van der Waals surface area contributed by atoms with Crippen molar-refractivity contribution in [3.63, 3.8) is 0 Å². The second kappa shape index (κ2) is 12.3. The summed E-state index contributed by atoms with van der Waals surface area (Å²) in [6, 6.07) is 24.4. The molecular weight excluding hydrogens is 620 g/mol. The van der Waals surface area contributed by atoms with Gasteiger partial charge in [-0.1, -0.05) is 6.07 Å². The molecule has 0 fully saturated rings. The molecule has 0 aromatic heterocycles. The normalized spacial score (nSPS) is 12.2. The van der Waals surface area contributed by atoms with Crippen LogP contribution in [0.1, 0.15) is 15.9 Å². The molecule has 0 bridgehead atoms. The number of nitrogens with one attached hydrogen (secondary N) is 1. The summed E-state index contributed by atoms with van der Waals surface area (Å²) in [6.07, 6.45) is 0. The van der Waals surface area contributed by atoms with Crippen LogP contribution in [0.25, 0.3) is 10.8 Å². The third-order valence-electron chi connectivity index (χ3n) is 6.48. The molecule has 0 saturated heterocycles. The molecule has 5 N–H and O–H groups in total. The van der Waals surface area contributed by atoms with Gasteiger partial charge in [0, 0.05) is 22.3 Å². The van der Waals surface area contributed by atoms with Crippen LogP contribution in [0.2, 0.25) is 0 Å². The Balaban J connectivity index is 1.28. The molecule has 5 aromatic rings. The molecule has 0 aliphatic heterocycles. The van der Waals surface area contributed by atoms with Gasteiger partial charge in [-0.25, -0.2) is 0 Å². The summed E-state index contributed by atoms with van der Waals surface area (Å²) >= 11 is 0. The lowest BCUT2D eigenvalue weighted by atomic mass is 10.1. The topological polar surface area (TPSA) is 213 Å². The molecule has 15 heteroatoms. The lowest BCUT2D eigenvalue weighted by molar-refractivity contribution is 0.102. The smallest absolute Gasteiger partial charge is 0.295 e. The lowest BCUT2D eigenvalue weighted by Gasteiger charge is -2.08. The Kier molecular flexibility index (Phi) is 8.52. The number of anilines is 2. The van der Waals surface area contributed by atoms with E-state index in [1.165, 1.54) is 18.2 Å². The molecule has 1 amide bonds. The van der Waals surface area contributed by atoms with Crippen LogP contribution >= 0.6 is 0 Å². The lowest BCUT2D eigenvalue weighted by Crippen LogP contribution is -2.11. The van der Waals surface area contributed by atoms with Crippen molar-refractivity contribution in [2.75, 3.05) is 11.1 Å². The van der Waals surface area contributed by atoms with Gasteiger partial charge >= 0.3 is 0 Å². The van der Waals surface area contributed by atoms with Gasteiger partial charge in [0.25, 0.3) is 26.1 Å². The predicted octanol–water partition coefficient (Wildman–Crippen LogP) is 7.31. The van der Waals surface area contributed by atoms with Gasteiger partial charge in [-0.3, -0.25) is 13.9 Å². The first-order valence-corrected chi connectivity index (χ1v) is 15.9. The van der Waals surface area contributed by atoms with Crippen LogP contribution in [0, 0.1) is 6.92 Å². The number of amides is 1. The van der Waals surface area contributed by atoms with Crippen LogP contribution < -0.4 is 11.1 Å². The SMILES string of the molecule is Cc1cc(NC(=O)c2ccc(N)cc2)ccc1N=Nc1ccc(N=Nc2ccc3cc(S(=O)(=O)O)cc(S(=O)(=O)O)c3c2)cc1. The Hall–Kier alpha value is -5.35. The number of hydrogen-bond donors (Lipinski definition) is 4. The van der Waals surface area contributed by atoms with Gasteiger partial charge in [0.2, 0.25) is 0 Å². The Morgan fingerprint density at radius 2 is 1.29 bits per heavy atom. The Morgan fingerprint density at radius 3 is 1.89 bits per heavy atom. The Labute approximate surface area is 257 Å². The highest BCUT2D eigenvalue weighted by Gasteiger charge is 2.20. The van der Waals surface area contributed by atoms with Crippen LogP contribution in [0.15, 0.2) is 127 Å². The summed E-state index contributed by atoms with van der Waals surface area (Å²) in [7, 11) is -9.56. The second-order valence-electron chi connectivity index (χ2n) is 9.77. The highest BCUT2D eigenvalue weighted by molar-refractivity contribution is 7.86. The van der Waals surface area contributed by atoms with E-state index in [4.69, 9.17) is 5.73 Å². The molecule has 0 heterocycles. The van der Waals surface area contributed by atoms with Crippen molar-refractivity contribution in [2.45, 2.75) is 16.7 Å². The highest BCUT2D eigenvalue weighted by atomic mass is 32.2. The maximum Gasteiger partial charge on any atom is 0.295 e. The molecule has 5 aromatic carbocycles. The van der Waals surface area contributed by atoms with Gasteiger partial charge in [0.1, 0.15) is 4.90 Å². The molecule has 0 unspecified atom stereocenters. The van der Waals surface area contributed by atoms with Gasteiger partial charge in [0.15, 0.2) is 0 Å². The fraction of sp³-hybridized carbons (Fsp3) is 0.0333. The van der Waals surface area contributed by atoms with E-state index in [-0.39, 0.29) is 22.4 Å². The summed E-state index contributed by atoms with van der Waals surface area (Å²) in [5.74, 6) is -0.265. The number of aryl methyl sites for hydroxylation is 1. The maximum absolute atomic E-state index is 12.5. The largest absolute Gasteiger partial charge is 0.399 e. The summed E-state index contributed by atoms with van der Waals surface area (Å²) in [4.78, 5) is 11.1. The Bertz CT molecular complexity index is 2220. The fourth-order valence-electron chi connectivity index (χ4n) is 4.21. The molecule has 228 valence electrons. The zero-order valence-corrected chi connectivity index (χ0v) is 25.0. The number of carbonyl (C=O) groups is 1. The average Bonchev–Trinajstić information content (AvgIpc) is 2.99. The quantitative estimate of drug-likeness (QED) is 0.0761. The summed E-state index contributed by atoms with van der Waals surface area (Å²) in [6.45, 7) is 1.84. The third kappa shape index (κ3) is 7.60. The zero-order chi connectivity index (χ0) is 32.4. The average molecular weight is 645 g/mol. The Morgan fingerprint density at radius 1 is 0.689 bits per heavy atom. The van der Waals surface area contributed by atoms with Crippen LogP contribution in [-0.2, 0) is 20.2 Å². The summed E-state index contributed by atoms with van der Waals surface area (Å²) in [5.41, 5.74) is 9.93. The first kappa shape index (κ1) is 31.1. The number of rotatable bonds is 8. The number of nitrogen functional groups attached to an aromatic ring is 1. The van der Waals surface area contributed by atoms with Crippen LogP contribution in [-0.4, -0.2) is 31.8 Å². The minimum absolute atomic E-state index is 0.00961. The van der Waals surface area contributed by atoms with Crippen molar-refractivity contribution < 1.29 is 30.7 Å². The molecular formula is C30H24N6O7S2. The van der Waals surface area contributed by atoms with Crippen molar-refractivity contribution >= 4 is 71.0 Å². The van der Waals surface area contributed by atoms with Crippen molar-refractivity contribution in [3.05, 3.63) is 108 Å². The van der Waals surface area contributed by atoms with Gasteiger partial charge in [0.05, 0.1) is 27.6 Å². The zero-order valence-electron chi connectivity index (χ0n) is 23.4. The number of carbonyl (C=O) groups excluding carboxylic acids is 1. The first-order chi connectivity index (χ1) is 21.3. The first-order valence-electron chi connectivity index (χ1n) is 13.0. The minimum atomic E-state index is -4.84. The number of hydrogen-bond acceptors (Lipinski definition) is 10. The third-order valence-corrected chi connectivity index (χ3v) is 8.21. The van der Waals surface area contributed by atoms with Crippen molar-refractivity contribution in [3.8, 4) is 0 Å². The molecule has 0 atom stereocenters. The molecule has 13 nitrogen and oxygen atoms in total. The van der Waals surface area contributed by atoms with E-state index in [0.29, 0.717) is 40.1 Å². The highest BCUT2D eigenvalue weighted by Crippen LogP contribution is 2.32.